The number of hydrogen-bond acceptors (Lipinski definition) is 2. The lowest BCUT2D eigenvalue weighted by Crippen LogP contribution is -2.34. The van der Waals surface area contributed by atoms with Crippen LogP contribution >= 0.6 is 0 Å². The van der Waals surface area contributed by atoms with Crippen LogP contribution in [0.2, 0.25) is 0 Å². The first-order valence-corrected chi connectivity index (χ1v) is 7.92. The molecule has 0 amide bonds. The van der Waals surface area contributed by atoms with Crippen molar-refractivity contribution < 1.29 is 0 Å². The lowest BCUT2D eigenvalue weighted by atomic mass is 10.0. The lowest BCUT2D eigenvalue weighted by Gasteiger charge is -2.27. The number of fused-ring (bicyclic) bond motifs is 1. The molecule has 2 aromatic carbocycles. The zero-order valence-corrected chi connectivity index (χ0v) is 12.6. The Labute approximate surface area is 127 Å². The van der Waals surface area contributed by atoms with Crippen molar-refractivity contribution in [2.45, 2.75) is 12.5 Å². The number of likely N-dealkylation sites (tertiary alicyclic amines) is 1. The third-order valence-corrected chi connectivity index (χ3v) is 5.02. The summed E-state index contributed by atoms with van der Waals surface area (Å²) in [5.74, 6) is 0.857. The van der Waals surface area contributed by atoms with E-state index in [0.717, 1.165) is 5.92 Å². The van der Waals surface area contributed by atoms with E-state index >= 15 is 0 Å². The van der Waals surface area contributed by atoms with E-state index in [1.54, 1.807) is 0 Å². The third-order valence-electron chi connectivity index (χ3n) is 5.02. The maximum Gasteiger partial charge on any atom is 0.0457 e. The first-order valence-electron chi connectivity index (χ1n) is 7.92. The second-order valence-electron chi connectivity index (χ2n) is 6.45. The Balaban J connectivity index is 1.64. The van der Waals surface area contributed by atoms with Crippen LogP contribution in [0.15, 0.2) is 54.6 Å². The molecule has 0 spiro atoms. The highest BCUT2D eigenvalue weighted by Crippen LogP contribution is 2.35. The molecule has 2 heteroatoms. The van der Waals surface area contributed by atoms with E-state index in [0.29, 0.717) is 6.04 Å². The van der Waals surface area contributed by atoms with Crippen LogP contribution in [-0.4, -0.2) is 37.6 Å². The lowest BCUT2D eigenvalue weighted by molar-refractivity contribution is 0.386. The number of hydrogen-bond donors (Lipinski definition) is 0. The van der Waals surface area contributed by atoms with Gasteiger partial charge in [-0.05, 0) is 42.6 Å². The molecule has 2 atom stereocenters. The fourth-order valence-corrected chi connectivity index (χ4v) is 3.99. The summed E-state index contributed by atoms with van der Waals surface area (Å²) in [5, 5.41) is 0. The molecule has 2 fully saturated rings. The summed E-state index contributed by atoms with van der Waals surface area (Å²) in [6.45, 7) is 3.68. The molecule has 0 bridgehead atoms. The molecule has 2 saturated heterocycles. The van der Waals surface area contributed by atoms with Gasteiger partial charge >= 0.3 is 0 Å². The number of benzene rings is 2. The van der Waals surface area contributed by atoms with E-state index in [1.807, 2.05) is 0 Å². The van der Waals surface area contributed by atoms with Crippen molar-refractivity contribution in [3.63, 3.8) is 0 Å². The maximum absolute atomic E-state index is 2.63. The minimum atomic E-state index is 0.709. The molecule has 2 aliphatic heterocycles. The molecule has 0 radical (unpaired) electrons. The molecular weight excluding hydrogens is 256 g/mol. The molecule has 0 saturated carbocycles. The van der Waals surface area contributed by atoms with Crippen LogP contribution in [0.3, 0.4) is 0 Å². The highest BCUT2D eigenvalue weighted by atomic mass is 15.3. The van der Waals surface area contributed by atoms with Crippen LogP contribution in [0.5, 0.6) is 0 Å². The Bertz CT molecular complexity index is 622. The standard InChI is InChI=1S/C19H22N2/c1-20-13-17-10-11-21(19(17)14-20)18-9-5-8-16(12-18)15-6-3-2-4-7-15/h2-9,12,17,19H,10-11,13-14H2,1H3/t17-,19+/m1/s1. The molecule has 2 heterocycles. The van der Waals surface area contributed by atoms with Gasteiger partial charge in [0, 0.05) is 31.4 Å². The molecule has 0 aromatic heterocycles. The van der Waals surface area contributed by atoms with Crippen molar-refractivity contribution in [3.05, 3.63) is 54.6 Å². The molecule has 108 valence electrons. The highest BCUT2D eigenvalue weighted by Gasteiger charge is 2.39. The fourth-order valence-electron chi connectivity index (χ4n) is 3.99. The van der Waals surface area contributed by atoms with Crippen molar-refractivity contribution in [1.82, 2.24) is 4.90 Å². The van der Waals surface area contributed by atoms with Gasteiger partial charge in [-0.1, -0.05) is 42.5 Å². The van der Waals surface area contributed by atoms with Gasteiger partial charge in [0.15, 0.2) is 0 Å². The number of nitrogens with zero attached hydrogens (tertiary/aromatic N) is 2. The Morgan fingerprint density at radius 1 is 0.905 bits per heavy atom. The summed E-state index contributed by atoms with van der Waals surface area (Å²) in [5.41, 5.74) is 4.01. The molecule has 0 aliphatic carbocycles. The molecule has 2 aliphatic rings. The van der Waals surface area contributed by atoms with E-state index in [2.05, 4.69) is 71.4 Å². The molecule has 0 N–H and O–H groups in total. The maximum atomic E-state index is 2.63. The summed E-state index contributed by atoms with van der Waals surface area (Å²) in [4.78, 5) is 5.10. The Kier molecular flexibility index (Phi) is 3.19. The Morgan fingerprint density at radius 3 is 2.57 bits per heavy atom. The normalized spacial score (nSPS) is 25.3. The molecule has 21 heavy (non-hydrogen) atoms. The van der Waals surface area contributed by atoms with Gasteiger partial charge in [0.2, 0.25) is 0 Å². The van der Waals surface area contributed by atoms with Gasteiger partial charge < -0.3 is 9.80 Å². The van der Waals surface area contributed by atoms with E-state index in [4.69, 9.17) is 0 Å². The number of anilines is 1. The summed E-state index contributed by atoms with van der Waals surface area (Å²) >= 11 is 0. The predicted molar refractivity (Wildman–Crippen MR) is 88.6 cm³/mol. The molecular formula is C19H22N2. The zero-order chi connectivity index (χ0) is 14.2. The first-order chi connectivity index (χ1) is 10.3. The molecule has 0 unspecified atom stereocenters. The van der Waals surface area contributed by atoms with Crippen molar-refractivity contribution >= 4 is 5.69 Å². The average Bonchev–Trinajstić information content (AvgIpc) is 3.07. The smallest absolute Gasteiger partial charge is 0.0457 e. The van der Waals surface area contributed by atoms with Crippen LogP contribution in [0.1, 0.15) is 6.42 Å². The van der Waals surface area contributed by atoms with Crippen molar-refractivity contribution in [2.24, 2.45) is 5.92 Å². The topological polar surface area (TPSA) is 6.48 Å². The highest BCUT2D eigenvalue weighted by molar-refractivity contribution is 5.69. The van der Waals surface area contributed by atoms with Crippen molar-refractivity contribution in [2.75, 3.05) is 31.6 Å². The average molecular weight is 278 g/mol. The van der Waals surface area contributed by atoms with E-state index in [9.17, 15) is 0 Å². The Morgan fingerprint density at radius 2 is 1.71 bits per heavy atom. The van der Waals surface area contributed by atoms with Gasteiger partial charge in [-0.15, -0.1) is 0 Å². The van der Waals surface area contributed by atoms with Gasteiger partial charge in [-0.25, -0.2) is 0 Å². The SMILES string of the molecule is CN1C[C@H]2CCN(c3cccc(-c4ccccc4)c3)[C@H]2C1. The van der Waals surface area contributed by atoms with Gasteiger partial charge in [-0.3, -0.25) is 0 Å². The van der Waals surface area contributed by atoms with Crippen molar-refractivity contribution in [3.8, 4) is 11.1 Å². The van der Waals surface area contributed by atoms with Gasteiger partial charge in [0.1, 0.15) is 0 Å². The summed E-state index contributed by atoms with van der Waals surface area (Å²) in [6.07, 6.45) is 1.34. The largest absolute Gasteiger partial charge is 0.367 e. The van der Waals surface area contributed by atoms with Gasteiger partial charge in [0.25, 0.3) is 0 Å². The van der Waals surface area contributed by atoms with Crippen LogP contribution in [-0.2, 0) is 0 Å². The minimum Gasteiger partial charge on any atom is -0.367 e. The van der Waals surface area contributed by atoms with Crippen LogP contribution in [0.4, 0.5) is 5.69 Å². The predicted octanol–water partition coefficient (Wildman–Crippen LogP) is 3.49. The van der Waals surface area contributed by atoms with E-state index < -0.39 is 0 Å². The van der Waals surface area contributed by atoms with E-state index in [-0.39, 0.29) is 0 Å². The van der Waals surface area contributed by atoms with Crippen LogP contribution < -0.4 is 4.90 Å². The second-order valence-corrected chi connectivity index (χ2v) is 6.45. The monoisotopic (exact) mass is 278 g/mol. The van der Waals surface area contributed by atoms with Crippen LogP contribution in [0, 0.1) is 5.92 Å². The number of likely N-dealkylation sites (N-methyl/N-ethyl adjacent to an activating group) is 1. The molecule has 2 aromatic rings. The molecule has 2 nitrogen and oxygen atoms in total. The van der Waals surface area contributed by atoms with Crippen molar-refractivity contribution in [1.29, 1.82) is 0 Å². The number of rotatable bonds is 2. The molecule has 4 rings (SSSR count). The summed E-state index contributed by atoms with van der Waals surface area (Å²) < 4.78 is 0. The first kappa shape index (κ1) is 12.9. The zero-order valence-electron chi connectivity index (χ0n) is 12.6. The van der Waals surface area contributed by atoms with Gasteiger partial charge in [-0.2, -0.15) is 0 Å². The van der Waals surface area contributed by atoms with Crippen LogP contribution in [0.25, 0.3) is 11.1 Å². The summed E-state index contributed by atoms with van der Waals surface area (Å²) in [6, 6.07) is 20.4. The minimum absolute atomic E-state index is 0.709. The van der Waals surface area contributed by atoms with Gasteiger partial charge in [0.05, 0.1) is 0 Å². The second kappa shape index (κ2) is 5.19. The summed E-state index contributed by atoms with van der Waals surface area (Å²) in [7, 11) is 2.25. The Hall–Kier alpha value is -1.80. The third kappa shape index (κ3) is 2.34. The fraction of sp³-hybridized carbons (Fsp3) is 0.368. The quantitative estimate of drug-likeness (QED) is 0.829. The van der Waals surface area contributed by atoms with E-state index in [1.165, 1.54) is 42.9 Å².